The summed E-state index contributed by atoms with van der Waals surface area (Å²) in [5, 5.41) is 10.6. The molecule has 0 aliphatic heterocycles. The van der Waals surface area contributed by atoms with Gasteiger partial charge in [-0.25, -0.2) is 0 Å². The smallest absolute Gasteiger partial charge is 0.138 e. The number of nitrogens with two attached hydrogens (primary N) is 1. The van der Waals surface area contributed by atoms with Crippen LogP contribution in [-0.2, 0) is 0 Å². The number of hydrogen-bond acceptors (Lipinski definition) is 3. The van der Waals surface area contributed by atoms with Crippen molar-refractivity contribution in [1.82, 2.24) is 0 Å². The molecule has 2 unspecified atom stereocenters. The molecule has 0 saturated heterocycles. The second kappa shape index (κ2) is 5.91. The van der Waals surface area contributed by atoms with Crippen LogP contribution < -0.4 is 10.5 Å². The fourth-order valence-corrected chi connectivity index (χ4v) is 1.55. The van der Waals surface area contributed by atoms with Gasteiger partial charge in [0.2, 0.25) is 0 Å². The highest BCUT2D eigenvalue weighted by atomic mass is 35.5. The fourth-order valence-electron chi connectivity index (χ4n) is 1.31. The molecule has 3 nitrogen and oxygen atoms in total. The van der Waals surface area contributed by atoms with Crippen LogP contribution >= 0.6 is 11.6 Å². The maximum atomic E-state index is 10.1. The van der Waals surface area contributed by atoms with Crippen molar-refractivity contribution in [3.8, 4) is 5.75 Å². The zero-order valence-electron chi connectivity index (χ0n) is 11.4. The third kappa shape index (κ3) is 3.87. The average molecular weight is 272 g/mol. The summed E-state index contributed by atoms with van der Waals surface area (Å²) < 4.78 is 5.57. The molecule has 0 heterocycles. The number of halogens is 1. The predicted molar refractivity (Wildman–Crippen MR) is 75.0 cm³/mol. The fraction of sp³-hybridized carbons (Fsp3) is 0.571. The van der Waals surface area contributed by atoms with Crippen molar-refractivity contribution in [2.24, 2.45) is 11.7 Å². The number of rotatable bonds is 5. The summed E-state index contributed by atoms with van der Waals surface area (Å²) >= 11 is 6.12. The highest BCUT2D eigenvalue weighted by molar-refractivity contribution is 6.32. The SMILES string of the molecule is CC(N)c1ccc(OCC(C)(O)C(C)C)c(Cl)c1. The van der Waals surface area contributed by atoms with Crippen LogP contribution in [0.3, 0.4) is 0 Å². The van der Waals surface area contributed by atoms with Crippen LogP contribution in [0.2, 0.25) is 5.02 Å². The first-order valence-corrected chi connectivity index (χ1v) is 6.52. The highest BCUT2D eigenvalue weighted by Gasteiger charge is 2.26. The van der Waals surface area contributed by atoms with Crippen molar-refractivity contribution < 1.29 is 9.84 Å². The van der Waals surface area contributed by atoms with Gasteiger partial charge in [0.15, 0.2) is 0 Å². The standard InChI is InChI=1S/C14H22ClNO2/c1-9(2)14(4,17)8-18-13-6-5-11(10(3)16)7-12(13)15/h5-7,9-10,17H,8,16H2,1-4H3. The maximum absolute atomic E-state index is 10.1. The van der Waals surface area contributed by atoms with Crippen molar-refractivity contribution in [2.75, 3.05) is 6.61 Å². The van der Waals surface area contributed by atoms with Gasteiger partial charge in [-0.1, -0.05) is 31.5 Å². The second-order valence-corrected chi connectivity index (χ2v) is 5.69. The summed E-state index contributed by atoms with van der Waals surface area (Å²) in [6, 6.07) is 5.41. The predicted octanol–water partition coefficient (Wildman–Crippen LogP) is 3.15. The van der Waals surface area contributed by atoms with Gasteiger partial charge in [0.05, 0.1) is 10.6 Å². The Kier molecular flexibility index (Phi) is 5.02. The van der Waals surface area contributed by atoms with Crippen molar-refractivity contribution in [3.63, 3.8) is 0 Å². The monoisotopic (exact) mass is 271 g/mol. The Morgan fingerprint density at radius 2 is 2.00 bits per heavy atom. The average Bonchev–Trinajstić information content (AvgIpc) is 2.26. The minimum absolute atomic E-state index is 0.0599. The lowest BCUT2D eigenvalue weighted by Gasteiger charge is -2.27. The minimum Gasteiger partial charge on any atom is -0.489 e. The zero-order valence-corrected chi connectivity index (χ0v) is 12.2. The topological polar surface area (TPSA) is 55.5 Å². The van der Waals surface area contributed by atoms with Gasteiger partial charge >= 0.3 is 0 Å². The Labute approximate surface area is 114 Å². The van der Waals surface area contributed by atoms with E-state index in [0.29, 0.717) is 10.8 Å². The second-order valence-electron chi connectivity index (χ2n) is 5.28. The zero-order chi connectivity index (χ0) is 13.9. The van der Waals surface area contributed by atoms with E-state index in [1.807, 2.05) is 26.8 Å². The van der Waals surface area contributed by atoms with Crippen LogP contribution in [0.4, 0.5) is 0 Å². The lowest BCUT2D eigenvalue weighted by atomic mass is 9.94. The molecule has 0 aliphatic rings. The molecule has 3 N–H and O–H groups in total. The van der Waals surface area contributed by atoms with Crippen LogP contribution in [0.25, 0.3) is 0 Å². The van der Waals surface area contributed by atoms with Crippen LogP contribution in [0.15, 0.2) is 18.2 Å². The minimum atomic E-state index is -0.872. The summed E-state index contributed by atoms with van der Waals surface area (Å²) in [6.45, 7) is 7.76. The van der Waals surface area contributed by atoms with E-state index < -0.39 is 5.60 Å². The van der Waals surface area contributed by atoms with Gasteiger partial charge in [-0.05, 0) is 37.5 Å². The molecule has 0 aliphatic carbocycles. The molecule has 1 aromatic rings. The summed E-state index contributed by atoms with van der Waals surface area (Å²) in [6.07, 6.45) is 0. The molecule has 4 heteroatoms. The van der Waals surface area contributed by atoms with E-state index in [1.54, 1.807) is 19.1 Å². The number of ether oxygens (including phenoxy) is 1. The molecule has 0 saturated carbocycles. The lowest BCUT2D eigenvalue weighted by molar-refractivity contribution is -0.0266. The Bertz CT molecular complexity index is 403. The van der Waals surface area contributed by atoms with E-state index >= 15 is 0 Å². The van der Waals surface area contributed by atoms with E-state index in [-0.39, 0.29) is 18.6 Å². The molecular formula is C14H22ClNO2. The molecule has 102 valence electrons. The Balaban J connectivity index is 2.75. The van der Waals surface area contributed by atoms with E-state index in [0.717, 1.165) is 5.56 Å². The first kappa shape index (κ1) is 15.3. The molecule has 0 bridgehead atoms. The Morgan fingerprint density at radius 1 is 1.39 bits per heavy atom. The summed E-state index contributed by atoms with van der Waals surface area (Å²) in [5.74, 6) is 0.682. The van der Waals surface area contributed by atoms with E-state index in [9.17, 15) is 5.11 Å². The molecule has 18 heavy (non-hydrogen) atoms. The number of hydrogen-bond donors (Lipinski definition) is 2. The summed E-state index contributed by atoms with van der Waals surface area (Å²) in [7, 11) is 0. The third-order valence-electron chi connectivity index (χ3n) is 3.25. The van der Waals surface area contributed by atoms with Gasteiger partial charge < -0.3 is 15.6 Å². The Morgan fingerprint density at radius 3 is 2.44 bits per heavy atom. The summed E-state index contributed by atoms with van der Waals surface area (Å²) in [5.41, 5.74) is 5.87. The van der Waals surface area contributed by atoms with Crippen LogP contribution in [0, 0.1) is 5.92 Å². The number of aliphatic hydroxyl groups is 1. The van der Waals surface area contributed by atoms with Gasteiger partial charge in [-0.2, -0.15) is 0 Å². The van der Waals surface area contributed by atoms with Crippen LogP contribution in [0.1, 0.15) is 39.3 Å². The number of benzene rings is 1. The largest absolute Gasteiger partial charge is 0.489 e. The van der Waals surface area contributed by atoms with Gasteiger partial charge in [0.1, 0.15) is 12.4 Å². The lowest BCUT2D eigenvalue weighted by Crippen LogP contribution is -2.37. The van der Waals surface area contributed by atoms with Crippen LogP contribution in [-0.4, -0.2) is 17.3 Å². The molecule has 1 rings (SSSR count). The van der Waals surface area contributed by atoms with E-state index in [4.69, 9.17) is 22.1 Å². The summed E-state index contributed by atoms with van der Waals surface area (Å²) in [4.78, 5) is 0. The molecule has 0 amide bonds. The first-order valence-electron chi connectivity index (χ1n) is 6.14. The van der Waals surface area contributed by atoms with Crippen molar-refractivity contribution >= 4 is 11.6 Å². The maximum Gasteiger partial charge on any atom is 0.138 e. The van der Waals surface area contributed by atoms with Crippen LogP contribution in [0.5, 0.6) is 5.75 Å². The van der Waals surface area contributed by atoms with Crippen molar-refractivity contribution in [1.29, 1.82) is 0 Å². The molecular weight excluding hydrogens is 250 g/mol. The molecule has 1 aromatic carbocycles. The van der Waals surface area contributed by atoms with E-state index in [1.165, 1.54) is 0 Å². The van der Waals surface area contributed by atoms with Crippen molar-refractivity contribution in [3.05, 3.63) is 28.8 Å². The third-order valence-corrected chi connectivity index (χ3v) is 3.54. The van der Waals surface area contributed by atoms with Crippen molar-refractivity contribution in [2.45, 2.75) is 39.3 Å². The molecule has 0 aromatic heterocycles. The van der Waals surface area contributed by atoms with Gasteiger partial charge in [-0.15, -0.1) is 0 Å². The van der Waals surface area contributed by atoms with Gasteiger partial charge in [0, 0.05) is 6.04 Å². The molecule has 0 fully saturated rings. The van der Waals surface area contributed by atoms with E-state index in [2.05, 4.69) is 0 Å². The highest BCUT2D eigenvalue weighted by Crippen LogP contribution is 2.28. The molecule has 2 atom stereocenters. The van der Waals surface area contributed by atoms with Gasteiger partial charge in [0.25, 0.3) is 0 Å². The quantitative estimate of drug-likeness (QED) is 0.865. The molecule has 0 spiro atoms. The first-order chi connectivity index (χ1) is 8.24. The molecule has 0 radical (unpaired) electrons. The Hall–Kier alpha value is -0.770. The normalized spacial score (nSPS) is 16.4. The van der Waals surface area contributed by atoms with Gasteiger partial charge in [-0.3, -0.25) is 0 Å².